The summed E-state index contributed by atoms with van der Waals surface area (Å²) in [4.78, 5) is 22.5. The van der Waals surface area contributed by atoms with Crippen molar-refractivity contribution >= 4 is 11.9 Å². The maximum absolute atomic E-state index is 11.4. The van der Waals surface area contributed by atoms with Crippen LogP contribution in [0.5, 0.6) is 0 Å². The second-order valence-electron chi connectivity index (χ2n) is 4.26. The van der Waals surface area contributed by atoms with E-state index in [1.54, 1.807) is 6.07 Å². The minimum absolute atomic E-state index is 0.129. The number of hydrogen-bond donors (Lipinski definition) is 2. The van der Waals surface area contributed by atoms with Crippen molar-refractivity contribution in [2.75, 3.05) is 0 Å². The Kier molecular flexibility index (Phi) is 3.08. The van der Waals surface area contributed by atoms with Gasteiger partial charge in [0.15, 0.2) is 0 Å². The number of nitrogens with zero attached hydrogens (tertiary/aromatic N) is 2. The Bertz CT molecular complexity index is 674. The SMILES string of the molecule is Cc1ccc(-n2ncc(C(=O)O)c2C(N)=O)cc1C. The Morgan fingerprint density at radius 3 is 2.47 bits per heavy atom. The van der Waals surface area contributed by atoms with Gasteiger partial charge in [-0.25, -0.2) is 9.48 Å². The first kappa shape index (κ1) is 12.8. The van der Waals surface area contributed by atoms with Gasteiger partial charge < -0.3 is 10.8 Å². The molecule has 1 heterocycles. The van der Waals surface area contributed by atoms with Gasteiger partial charge in [0, 0.05) is 0 Å². The lowest BCUT2D eigenvalue weighted by atomic mass is 10.1. The lowest BCUT2D eigenvalue weighted by Gasteiger charge is -2.08. The number of carboxylic acid groups (broad SMARTS) is 1. The van der Waals surface area contributed by atoms with Gasteiger partial charge >= 0.3 is 5.97 Å². The number of carbonyl (C=O) groups excluding carboxylic acids is 1. The average molecular weight is 259 g/mol. The van der Waals surface area contributed by atoms with Crippen LogP contribution in [0.25, 0.3) is 5.69 Å². The molecular weight excluding hydrogens is 246 g/mol. The molecule has 0 aliphatic rings. The van der Waals surface area contributed by atoms with Crippen molar-refractivity contribution in [2.45, 2.75) is 13.8 Å². The predicted octanol–water partition coefficient (Wildman–Crippen LogP) is 1.29. The molecule has 1 aromatic heterocycles. The maximum Gasteiger partial charge on any atom is 0.339 e. The van der Waals surface area contributed by atoms with Crippen LogP contribution in [-0.4, -0.2) is 26.8 Å². The first-order valence-electron chi connectivity index (χ1n) is 5.60. The third-order valence-corrected chi connectivity index (χ3v) is 2.97. The highest BCUT2D eigenvalue weighted by molar-refractivity contribution is 6.03. The molecule has 1 amide bonds. The van der Waals surface area contributed by atoms with Gasteiger partial charge in [-0.1, -0.05) is 6.07 Å². The number of carbonyl (C=O) groups is 2. The summed E-state index contributed by atoms with van der Waals surface area (Å²) < 4.78 is 1.25. The molecule has 98 valence electrons. The van der Waals surface area contributed by atoms with Crippen LogP contribution >= 0.6 is 0 Å². The molecule has 2 rings (SSSR count). The van der Waals surface area contributed by atoms with Crippen LogP contribution in [0.4, 0.5) is 0 Å². The molecule has 0 bridgehead atoms. The van der Waals surface area contributed by atoms with E-state index in [2.05, 4.69) is 5.10 Å². The van der Waals surface area contributed by atoms with Crippen molar-refractivity contribution in [1.29, 1.82) is 0 Å². The number of rotatable bonds is 3. The van der Waals surface area contributed by atoms with E-state index in [0.717, 1.165) is 17.3 Å². The number of hydrogen-bond acceptors (Lipinski definition) is 3. The lowest BCUT2D eigenvalue weighted by molar-refractivity contribution is 0.0692. The van der Waals surface area contributed by atoms with Crippen molar-refractivity contribution < 1.29 is 14.7 Å². The van der Waals surface area contributed by atoms with Crippen LogP contribution in [-0.2, 0) is 0 Å². The molecule has 6 heteroatoms. The topological polar surface area (TPSA) is 98.2 Å². The molecule has 3 N–H and O–H groups in total. The number of aromatic carboxylic acids is 1. The number of carboxylic acids is 1. The zero-order valence-electron chi connectivity index (χ0n) is 10.5. The Hall–Kier alpha value is -2.63. The van der Waals surface area contributed by atoms with Gasteiger partial charge in [-0.15, -0.1) is 0 Å². The fourth-order valence-electron chi connectivity index (χ4n) is 1.80. The summed E-state index contributed by atoms with van der Waals surface area (Å²) in [7, 11) is 0. The standard InChI is InChI=1S/C13H13N3O3/c1-7-3-4-9(5-8(7)2)16-11(12(14)17)10(6-15-16)13(18)19/h3-6H,1-2H3,(H2,14,17)(H,18,19). The van der Waals surface area contributed by atoms with E-state index in [9.17, 15) is 9.59 Å². The van der Waals surface area contributed by atoms with E-state index in [-0.39, 0.29) is 11.3 Å². The second kappa shape index (κ2) is 4.56. The van der Waals surface area contributed by atoms with Crippen molar-refractivity contribution in [3.05, 3.63) is 46.8 Å². The summed E-state index contributed by atoms with van der Waals surface area (Å²) in [6, 6.07) is 5.45. The number of aromatic nitrogens is 2. The number of amides is 1. The highest BCUT2D eigenvalue weighted by Gasteiger charge is 2.21. The molecule has 0 atom stereocenters. The van der Waals surface area contributed by atoms with Crippen LogP contribution in [0.15, 0.2) is 24.4 Å². The second-order valence-corrected chi connectivity index (χ2v) is 4.26. The average Bonchev–Trinajstić information content (AvgIpc) is 2.77. The van der Waals surface area contributed by atoms with Gasteiger partial charge in [-0.2, -0.15) is 5.10 Å². The van der Waals surface area contributed by atoms with Crippen molar-refractivity contribution in [3.63, 3.8) is 0 Å². The van der Waals surface area contributed by atoms with Crippen molar-refractivity contribution in [2.24, 2.45) is 5.73 Å². The Balaban J connectivity index is 2.65. The van der Waals surface area contributed by atoms with Gasteiger partial charge in [-0.05, 0) is 37.1 Å². The quantitative estimate of drug-likeness (QED) is 0.867. The van der Waals surface area contributed by atoms with Gasteiger partial charge in [0.1, 0.15) is 11.3 Å². The van der Waals surface area contributed by atoms with Gasteiger partial charge in [-0.3, -0.25) is 4.79 Å². The monoisotopic (exact) mass is 259 g/mol. The van der Waals surface area contributed by atoms with Crippen LogP contribution in [0, 0.1) is 13.8 Å². The molecule has 2 aromatic rings. The molecule has 19 heavy (non-hydrogen) atoms. The van der Waals surface area contributed by atoms with Crippen LogP contribution in [0.3, 0.4) is 0 Å². The number of primary amides is 1. The summed E-state index contributed by atoms with van der Waals surface area (Å²) in [5.41, 5.74) is 7.62. The zero-order chi connectivity index (χ0) is 14.2. The lowest BCUT2D eigenvalue weighted by Crippen LogP contribution is -2.20. The molecule has 0 fully saturated rings. The summed E-state index contributed by atoms with van der Waals surface area (Å²) in [6.07, 6.45) is 1.12. The largest absolute Gasteiger partial charge is 0.478 e. The Labute approximate surface area is 109 Å². The van der Waals surface area contributed by atoms with Crippen LogP contribution in [0.2, 0.25) is 0 Å². The molecule has 0 saturated carbocycles. The molecule has 0 unspecified atom stereocenters. The minimum Gasteiger partial charge on any atom is -0.478 e. The highest BCUT2D eigenvalue weighted by atomic mass is 16.4. The number of nitrogens with two attached hydrogens (primary N) is 1. The first-order chi connectivity index (χ1) is 8.91. The summed E-state index contributed by atoms with van der Waals surface area (Å²) in [5, 5.41) is 12.9. The van der Waals surface area contributed by atoms with E-state index in [4.69, 9.17) is 10.8 Å². The Morgan fingerprint density at radius 1 is 1.26 bits per heavy atom. The number of aryl methyl sites for hydroxylation is 2. The van der Waals surface area contributed by atoms with E-state index in [0.29, 0.717) is 5.69 Å². The summed E-state index contributed by atoms with van der Waals surface area (Å²) in [6.45, 7) is 3.88. The molecule has 0 spiro atoms. The summed E-state index contributed by atoms with van der Waals surface area (Å²) >= 11 is 0. The normalized spacial score (nSPS) is 10.4. The number of benzene rings is 1. The zero-order valence-corrected chi connectivity index (χ0v) is 10.5. The fraction of sp³-hybridized carbons (Fsp3) is 0.154. The molecule has 0 aliphatic carbocycles. The summed E-state index contributed by atoms with van der Waals surface area (Å²) in [5.74, 6) is -2.06. The van der Waals surface area contributed by atoms with Crippen LogP contribution < -0.4 is 5.73 Å². The van der Waals surface area contributed by atoms with Crippen LogP contribution in [0.1, 0.15) is 32.0 Å². The molecule has 0 saturated heterocycles. The van der Waals surface area contributed by atoms with Gasteiger partial charge in [0.25, 0.3) is 5.91 Å². The van der Waals surface area contributed by atoms with E-state index >= 15 is 0 Å². The Morgan fingerprint density at radius 2 is 1.95 bits per heavy atom. The van der Waals surface area contributed by atoms with Gasteiger partial charge in [0.05, 0.1) is 11.9 Å². The van der Waals surface area contributed by atoms with E-state index in [1.165, 1.54) is 4.68 Å². The first-order valence-corrected chi connectivity index (χ1v) is 5.60. The fourth-order valence-corrected chi connectivity index (χ4v) is 1.80. The third kappa shape index (κ3) is 2.20. The molecule has 1 aromatic carbocycles. The molecule has 0 aliphatic heterocycles. The maximum atomic E-state index is 11.4. The van der Waals surface area contributed by atoms with Crippen molar-refractivity contribution in [1.82, 2.24) is 9.78 Å². The molecule has 6 nitrogen and oxygen atoms in total. The smallest absolute Gasteiger partial charge is 0.339 e. The van der Waals surface area contributed by atoms with E-state index in [1.807, 2.05) is 26.0 Å². The third-order valence-electron chi connectivity index (χ3n) is 2.97. The molecular formula is C13H13N3O3. The van der Waals surface area contributed by atoms with Gasteiger partial charge in [0.2, 0.25) is 0 Å². The van der Waals surface area contributed by atoms with E-state index < -0.39 is 11.9 Å². The minimum atomic E-state index is -1.23. The highest BCUT2D eigenvalue weighted by Crippen LogP contribution is 2.17. The predicted molar refractivity (Wildman–Crippen MR) is 68.5 cm³/mol. The van der Waals surface area contributed by atoms with Crippen molar-refractivity contribution in [3.8, 4) is 5.69 Å². The molecule has 0 radical (unpaired) electrons.